The second-order valence-corrected chi connectivity index (χ2v) is 8.06. The summed E-state index contributed by atoms with van der Waals surface area (Å²) in [6, 6.07) is 9.72. The molecule has 0 unspecified atom stereocenters. The summed E-state index contributed by atoms with van der Waals surface area (Å²) in [6.45, 7) is 6.07. The first-order valence-electron chi connectivity index (χ1n) is 10.5. The van der Waals surface area contributed by atoms with Gasteiger partial charge in [-0.15, -0.1) is 0 Å². The molecule has 0 amide bonds. The second-order valence-electron chi connectivity index (χ2n) is 8.06. The summed E-state index contributed by atoms with van der Waals surface area (Å²) in [7, 11) is 0. The third kappa shape index (κ3) is 3.64. The van der Waals surface area contributed by atoms with E-state index in [1.165, 1.54) is 18.2 Å². The predicted molar refractivity (Wildman–Crippen MR) is 120 cm³/mol. The topological polar surface area (TPSA) is 70.4 Å². The molecule has 5 rings (SSSR count). The van der Waals surface area contributed by atoms with Crippen LogP contribution in [0.25, 0.3) is 16.8 Å². The number of nitrogens with one attached hydrogen (secondary N) is 2. The lowest BCUT2D eigenvalue weighted by atomic mass is 10.1. The van der Waals surface area contributed by atoms with Crippen molar-refractivity contribution in [1.82, 2.24) is 24.9 Å². The van der Waals surface area contributed by atoms with Crippen molar-refractivity contribution in [2.75, 3.05) is 23.3 Å². The Morgan fingerprint density at radius 2 is 1.88 bits per heavy atom. The Kier molecular flexibility index (Phi) is 5.18. The van der Waals surface area contributed by atoms with Crippen LogP contribution in [0, 0.1) is 11.6 Å². The van der Waals surface area contributed by atoms with Crippen LogP contribution in [0.1, 0.15) is 13.8 Å². The van der Waals surface area contributed by atoms with E-state index in [4.69, 9.17) is 0 Å². The number of benzene rings is 1. The number of fused-ring (bicyclic) bond motifs is 1. The molecule has 164 valence electrons. The normalized spacial score (nSPS) is 18.8. The maximum atomic E-state index is 14.3. The molecule has 1 saturated heterocycles. The Labute approximate surface area is 184 Å². The van der Waals surface area contributed by atoms with E-state index in [2.05, 4.69) is 44.4 Å². The van der Waals surface area contributed by atoms with Gasteiger partial charge in [-0.3, -0.25) is 4.98 Å². The highest BCUT2D eigenvalue weighted by Crippen LogP contribution is 2.31. The van der Waals surface area contributed by atoms with Crippen molar-refractivity contribution < 1.29 is 8.78 Å². The van der Waals surface area contributed by atoms with E-state index >= 15 is 0 Å². The monoisotopic (exact) mass is 435 g/mol. The van der Waals surface area contributed by atoms with Crippen LogP contribution < -0.4 is 15.5 Å². The quantitative estimate of drug-likeness (QED) is 0.505. The molecule has 3 aromatic heterocycles. The number of rotatable bonds is 4. The molecule has 4 heterocycles. The first-order valence-corrected chi connectivity index (χ1v) is 10.5. The largest absolute Gasteiger partial charge is 0.364 e. The van der Waals surface area contributed by atoms with E-state index in [1.807, 2.05) is 6.07 Å². The summed E-state index contributed by atoms with van der Waals surface area (Å²) in [5.74, 6) is -0.894. The van der Waals surface area contributed by atoms with Crippen molar-refractivity contribution >= 4 is 22.8 Å². The molecule has 7 nitrogen and oxygen atoms in total. The van der Waals surface area contributed by atoms with E-state index in [-0.39, 0.29) is 11.3 Å². The molecule has 0 radical (unpaired) electrons. The number of hydrogen-bond donors (Lipinski definition) is 2. The van der Waals surface area contributed by atoms with Crippen LogP contribution in [0.2, 0.25) is 0 Å². The highest BCUT2D eigenvalue weighted by atomic mass is 19.1. The number of pyridine rings is 1. The molecule has 9 heteroatoms. The molecule has 2 atom stereocenters. The maximum Gasteiger partial charge on any atom is 0.229 e. The molecular weight excluding hydrogens is 412 g/mol. The fraction of sp³-hybridized carbons (Fsp3) is 0.261. The lowest BCUT2D eigenvalue weighted by Crippen LogP contribution is -2.54. The van der Waals surface area contributed by atoms with Crippen LogP contribution in [0.5, 0.6) is 0 Å². The lowest BCUT2D eigenvalue weighted by molar-refractivity contribution is 0.425. The van der Waals surface area contributed by atoms with Crippen molar-refractivity contribution in [2.45, 2.75) is 25.9 Å². The number of aromatic nitrogens is 4. The van der Waals surface area contributed by atoms with E-state index in [0.29, 0.717) is 23.5 Å². The highest BCUT2D eigenvalue weighted by Gasteiger charge is 2.25. The van der Waals surface area contributed by atoms with Gasteiger partial charge in [0.2, 0.25) is 5.95 Å². The number of hydrogen-bond acceptors (Lipinski definition) is 6. The van der Waals surface area contributed by atoms with Gasteiger partial charge >= 0.3 is 0 Å². The van der Waals surface area contributed by atoms with Gasteiger partial charge in [0.15, 0.2) is 0 Å². The average molecular weight is 435 g/mol. The minimum absolute atomic E-state index is 0.167. The van der Waals surface area contributed by atoms with E-state index in [1.54, 1.807) is 35.2 Å². The van der Waals surface area contributed by atoms with Crippen LogP contribution in [-0.4, -0.2) is 44.8 Å². The van der Waals surface area contributed by atoms with E-state index in [0.717, 1.165) is 24.5 Å². The summed E-state index contributed by atoms with van der Waals surface area (Å²) in [5, 5.41) is 11.3. The number of piperazine rings is 1. The van der Waals surface area contributed by atoms with E-state index in [9.17, 15) is 8.78 Å². The third-order valence-electron chi connectivity index (χ3n) is 5.72. The van der Waals surface area contributed by atoms with Crippen molar-refractivity contribution in [3.8, 4) is 11.3 Å². The number of nitrogens with zero attached hydrogens (tertiary/aromatic N) is 5. The Bertz CT molecular complexity index is 1250. The standard InChI is InChI=1S/C23H23F2N7/c1-14-13-31(15(2)10-27-14)21-8-9-26-12-20(21)29-23-28-11-16-6-7-19(30-32(16)23)22-17(24)4-3-5-18(22)25/h3-9,11-12,14-15,27H,10,13H2,1-2H3,(H,28,29)/t14-,15+/m1/s1. The predicted octanol–water partition coefficient (Wildman–Crippen LogP) is 4.00. The van der Waals surface area contributed by atoms with Crippen molar-refractivity contribution in [1.29, 1.82) is 0 Å². The summed E-state index contributed by atoms with van der Waals surface area (Å²) in [6.07, 6.45) is 5.17. The van der Waals surface area contributed by atoms with Gasteiger partial charge in [-0.2, -0.15) is 9.61 Å². The first-order chi connectivity index (χ1) is 15.5. The minimum Gasteiger partial charge on any atom is -0.364 e. The van der Waals surface area contributed by atoms with Gasteiger partial charge in [0.05, 0.1) is 40.5 Å². The van der Waals surface area contributed by atoms with Gasteiger partial charge in [-0.1, -0.05) is 6.07 Å². The summed E-state index contributed by atoms with van der Waals surface area (Å²) < 4.78 is 30.1. The van der Waals surface area contributed by atoms with Crippen molar-refractivity contribution in [3.05, 3.63) is 66.6 Å². The molecule has 2 N–H and O–H groups in total. The second kappa shape index (κ2) is 8.16. The van der Waals surface area contributed by atoms with Crippen LogP contribution in [-0.2, 0) is 0 Å². The molecule has 1 aliphatic rings. The van der Waals surface area contributed by atoms with Gasteiger partial charge in [-0.05, 0) is 44.2 Å². The average Bonchev–Trinajstić information content (AvgIpc) is 3.18. The van der Waals surface area contributed by atoms with E-state index < -0.39 is 11.6 Å². The highest BCUT2D eigenvalue weighted by molar-refractivity contribution is 5.74. The molecule has 32 heavy (non-hydrogen) atoms. The third-order valence-corrected chi connectivity index (χ3v) is 5.72. The fourth-order valence-electron chi connectivity index (χ4n) is 4.06. The number of halogens is 2. The molecular formula is C23H23F2N7. The molecule has 4 aromatic rings. The van der Waals surface area contributed by atoms with Gasteiger partial charge in [-0.25, -0.2) is 13.8 Å². The zero-order valence-corrected chi connectivity index (χ0v) is 17.8. The van der Waals surface area contributed by atoms with Gasteiger partial charge in [0.1, 0.15) is 11.6 Å². The Hall–Kier alpha value is -3.59. The van der Waals surface area contributed by atoms with Crippen molar-refractivity contribution in [2.24, 2.45) is 0 Å². The van der Waals surface area contributed by atoms with Crippen molar-refractivity contribution in [3.63, 3.8) is 0 Å². The smallest absolute Gasteiger partial charge is 0.229 e. The molecule has 0 bridgehead atoms. The SMILES string of the molecule is C[C@@H]1CN(c2ccncc2Nc2ncc3ccc(-c4c(F)cccc4F)nn23)[C@@H](C)CN1. The number of anilines is 3. The Morgan fingerprint density at radius 1 is 1.06 bits per heavy atom. The first kappa shape index (κ1) is 20.3. The fourth-order valence-corrected chi connectivity index (χ4v) is 4.06. The zero-order chi connectivity index (χ0) is 22.2. The van der Waals surface area contributed by atoms with Gasteiger partial charge in [0.25, 0.3) is 0 Å². The van der Waals surface area contributed by atoms with Crippen LogP contribution >= 0.6 is 0 Å². The summed E-state index contributed by atoms with van der Waals surface area (Å²) >= 11 is 0. The molecule has 0 saturated carbocycles. The van der Waals surface area contributed by atoms with Crippen LogP contribution in [0.4, 0.5) is 26.1 Å². The molecule has 1 aliphatic heterocycles. The Morgan fingerprint density at radius 3 is 2.69 bits per heavy atom. The minimum atomic E-state index is -0.664. The summed E-state index contributed by atoms with van der Waals surface area (Å²) in [4.78, 5) is 11.0. The summed E-state index contributed by atoms with van der Waals surface area (Å²) in [5.41, 5.74) is 2.51. The van der Waals surface area contributed by atoms with Crippen LogP contribution in [0.3, 0.4) is 0 Å². The number of imidazole rings is 1. The molecule has 1 fully saturated rings. The zero-order valence-electron chi connectivity index (χ0n) is 17.8. The molecule has 1 aromatic carbocycles. The van der Waals surface area contributed by atoms with Gasteiger partial charge < -0.3 is 15.5 Å². The molecule has 0 spiro atoms. The Balaban J connectivity index is 1.53. The van der Waals surface area contributed by atoms with Crippen LogP contribution in [0.15, 0.2) is 55.0 Å². The molecule has 0 aliphatic carbocycles. The lowest BCUT2D eigenvalue weighted by Gasteiger charge is -2.40. The maximum absolute atomic E-state index is 14.3. The van der Waals surface area contributed by atoms with Gasteiger partial charge in [0, 0.05) is 31.4 Å².